The molecule has 0 aliphatic carbocycles. The minimum Gasteiger partial charge on any atom is -0.345 e. The summed E-state index contributed by atoms with van der Waals surface area (Å²) in [4.78, 5) is 13.3. The molecule has 3 aromatic carbocycles. The molecule has 1 amide bonds. The standard InChI is InChI=1S/C25H27NO3S/c1-3-24(21-15-17-22(18-16-21)30(2,28)29)26-25(27)23-12-8-7-11-20(23)14-13-19-9-5-4-6-10-19/h4-12,15-18,24H,3,13-14H2,1-2H3,(H,26,27). The van der Waals surface area contributed by atoms with Gasteiger partial charge in [0.2, 0.25) is 0 Å². The van der Waals surface area contributed by atoms with Crippen LogP contribution in [0.1, 0.15) is 46.4 Å². The highest BCUT2D eigenvalue weighted by molar-refractivity contribution is 7.90. The van der Waals surface area contributed by atoms with E-state index < -0.39 is 9.84 Å². The molecule has 5 heteroatoms. The average molecular weight is 422 g/mol. The zero-order valence-corrected chi connectivity index (χ0v) is 18.2. The highest BCUT2D eigenvalue weighted by atomic mass is 32.2. The topological polar surface area (TPSA) is 63.2 Å². The van der Waals surface area contributed by atoms with E-state index in [4.69, 9.17) is 0 Å². The number of carbonyl (C=O) groups excluding carboxylic acids is 1. The Kier molecular flexibility index (Phi) is 7.06. The summed E-state index contributed by atoms with van der Waals surface area (Å²) in [6.07, 6.45) is 3.55. The van der Waals surface area contributed by atoms with Gasteiger partial charge in [-0.1, -0.05) is 67.6 Å². The molecule has 0 fully saturated rings. The Hall–Kier alpha value is -2.92. The van der Waals surface area contributed by atoms with Crippen molar-refractivity contribution in [3.05, 3.63) is 101 Å². The van der Waals surface area contributed by atoms with Crippen LogP contribution in [0.5, 0.6) is 0 Å². The SMILES string of the molecule is CCC(NC(=O)c1ccccc1CCc1ccccc1)c1ccc(S(C)(=O)=O)cc1. The first kappa shape index (κ1) is 21.8. The van der Waals surface area contributed by atoms with Crippen molar-refractivity contribution in [2.75, 3.05) is 6.26 Å². The first-order valence-corrected chi connectivity index (χ1v) is 12.0. The van der Waals surface area contributed by atoms with E-state index in [9.17, 15) is 13.2 Å². The summed E-state index contributed by atoms with van der Waals surface area (Å²) in [7, 11) is -3.24. The number of aryl methyl sites for hydroxylation is 2. The van der Waals surface area contributed by atoms with Gasteiger partial charge in [0.05, 0.1) is 10.9 Å². The molecule has 1 unspecified atom stereocenters. The molecule has 0 radical (unpaired) electrons. The Bertz CT molecular complexity index is 1090. The second-order valence-corrected chi connectivity index (χ2v) is 9.43. The number of nitrogens with one attached hydrogen (secondary N) is 1. The highest BCUT2D eigenvalue weighted by Crippen LogP contribution is 2.21. The zero-order chi connectivity index (χ0) is 21.6. The lowest BCUT2D eigenvalue weighted by Crippen LogP contribution is -2.29. The number of rotatable bonds is 8. The number of benzene rings is 3. The van der Waals surface area contributed by atoms with Crippen molar-refractivity contribution >= 4 is 15.7 Å². The lowest BCUT2D eigenvalue weighted by atomic mass is 9.98. The van der Waals surface area contributed by atoms with Crippen LogP contribution in [0.15, 0.2) is 83.8 Å². The molecule has 1 N–H and O–H groups in total. The molecule has 0 aliphatic rings. The van der Waals surface area contributed by atoms with Crippen LogP contribution in [0.4, 0.5) is 0 Å². The van der Waals surface area contributed by atoms with Gasteiger partial charge in [-0.25, -0.2) is 8.42 Å². The third-order valence-corrected chi connectivity index (χ3v) is 6.34. The maximum absolute atomic E-state index is 13.0. The molecule has 0 saturated heterocycles. The Morgan fingerprint density at radius 3 is 2.13 bits per heavy atom. The third kappa shape index (κ3) is 5.57. The van der Waals surface area contributed by atoms with E-state index in [1.807, 2.05) is 49.4 Å². The van der Waals surface area contributed by atoms with Gasteiger partial charge in [0.1, 0.15) is 0 Å². The van der Waals surface area contributed by atoms with Gasteiger partial charge in [0, 0.05) is 11.8 Å². The molecular weight excluding hydrogens is 394 g/mol. The zero-order valence-electron chi connectivity index (χ0n) is 17.3. The van der Waals surface area contributed by atoms with Crippen LogP contribution in [0.3, 0.4) is 0 Å². The fourth-order valence-electron chi connectivity index (χ4n) is 3.49. The predicted molar refractivity (Wildman–Crippen MR) is 120 cm³/mol. The van der Waals surface area contributed by atoms with Crippen molar-refractivity contribution in [2.24, 2.45) is 0 Å². The Morgan fingerprint density at radius 2 is 1.50 bits per heavy atom. The second-order valence-electron chi connectivity index (χ2n) is 7.42. The molecule has 0 aromatic heterocycles. The monoisotopic (exact) mass is 421 g/mol. The molecular formula is C25H27NO3S. The van der Waals surface area contributed by atoms with Crippen molar-refractivity contribution in [1.29, 1.82) is 0 Å². The van der Waals surface area contributed by atoms with E-state index in [0.717, 1.165) is 24.0 Å². The minimum atomic E-state index is -3.24. The Morgan fingerprint density at radius 1 is 0.867 bits per heavy atom. The molecule has 30 heavy (non-hydrogen) atoms. The fraction of sp³-hybridized carbons (Fsp3) is 0.240. The van der Waals surface area contributed by atoms with Crippen molar-refractivity contribution in [2.45, 2.75) is 37.1 Å². The fourth-order valence-corrected chi connectivity index (χ4v) is 4.12. The van der Waals surface area contributed by atoms with Gasteiger partial charge in [-0.3, -0.25) is 4.79 Å². The van der Waals surface area contributed by atoms with Gasteiger partial charge in [0.25, 0.3) is 5.91 Å². The van der Waals surface area contributed by atoms with Crippen LogP contribution in [-0.2, 0) is 22.7 Å². The molecule has 156 valence electrons. The lowest BCUT2D eigenvalue weighted by molar-refractivity contribution is 0.0934. The van der Waals surface area contributed by atoms with Crippen LogP contribution in [-0.4, -0.2) is 20.6 Å². The van der Waals surface area contributed by atoms with Crippen LogP contribution in [0, 0.1) is 0 Å². The largest absolute Gasteiger partial charge is 0.345 e. The van der Waals surface area contributed by atoms with E-state index in [2.05, 4.69) is 17.4 Å². The summed E-state index contributed by atoms with van der Waals surface area (Å²) in [5, 5.41) is 3.11. The highest BCUT2D eigenvalue weighted by Gasteiger charge is 2.17. The Balaban J connectivity index is 1.74. The van der Waals surface area contributed by atoms with Crippen molar-refractivity contribution in [3.63, 3.8) is 0 Å². The number of hydrogen-bond donors (Lipinski definition) is 1. The average Bonchev–Trinajstić information content (AvgIpc) is 2.76. The number of carbonyl (C=O) groups is 1. The van der Waals surface area contributed by atoms with Crippen molar-refractivity contribution < 1.29 is 13.2 Å². The quantitative estimate of drug-likeness (QED) is 0.571. The molecule has 0 spiro atoms. The van der Waals surface area contributed by atoms with E-state index in [1.54, 1.807) is 24.3 Å². The summed E-state index contributed by atoms with van der Waals surface area (Å²) in [5.74, 6) is -0.113. The predicted octanol–water partition coefficient (Wildman–Crippen LogP) is 4.76. The van der Waals surface area contributed by atoms with Gasteiger partial charge < -0.3 is 5.32 Å². The van der Waals surface area contributed by atoms with Crippen LogP contribution in [0.25, 0.3) is 0 Å². The summed E-state index contributed by atoms with van der Waals surface area (Å²) in [6, 6.07) is 24.5. The molecule has 3 rings (SSSR count). The summed E-state index contributed by atoms with van der Waals surface area (Å²) in [5.41, 5.74) is 3.82. The molecule has 4 nitrogen and oxygen atoms in total. The Labute approximate surface area is 178 Å². The maximum Gasteiger partial charge on any atom is 0.252 e. The summed E-state index contributed by atoms with van der Waals surface area (Å²) in [6.45, 7) is 2.00. The smallest absolute Gasteiger partial charge is 0.252 e. The van der Waals surface area contributed by atoms with Gasteiger partial charge in [0.15, 0.2) is 9.84 Å². The number of sulfone groups is 1. The molecule has 0 aliphatic heterocycles. The van der Waals surface area contributed by atoms with Crippen molar-refractivity contribution in [3.8, 4) is 0 Å². The first-order chi connectivity index (χ1) is 14.4. The second kappa shape index (κ2) is 9.72. The van der Waals surface area contributed by atoms with Crippen LogP contribution in [0.2, 0.25) is 0 Å². The van der Waals surface area contributed by atoms with E-state index >= 15 is 0 Å². The molecule has 3 aromatic rings. The molecule has 0 saturated carbocycles. The number of amides is 1. The minimum absolute atomic E-state index is 0.113. The molecule has 0 bridgehead atoms. The first-order valence-electron chi connectivity index (χ1n) is 10.1. The molecule has 1 atom stereocenters. The van der Waals surface area contributed by atoms with Crippen LogP contribution >= 0.6 is 0 Å². The van der Waals surface area contributed by atoms with E-state index in [0.29, 0.717) is 12.0 Å². The van der Waals surface area contributed by atoms with Gasteiger partial charge in [-0.05, 0) is 54.2 Å². The van der Waals surface area contributed by atoms with Crippen molar-refractivity contribution in [1.82, 2.24) is 5.32 Å². The lowest BCUT2D eigenvalue weighted by Gasteiger charge is -2.19. The van der Waals surface area contributed by atoms with E-state index in [-0.39, 0.29) is 16.8 Å². The normalized spacial score (nSPS) is 12.3. The summed E-state index contributed by atoms with van der Waals surface area (Å²) < 4.78 is 23.4. The van der Waals surface area contributed by atoms with Gasteiger partial charge in [-0.15, -0.1) is 0 Å². The van der Waals surface area contributed by atoms with Gasteiger partial charge in [-0.2, -0.15) is 0 Å². The van der Waals surface area contributed by atoms with E-state index in [1.165, 1.54) is 11.8 Å². The number of hydrogen-bond acceptors (Lipinski definition) is 3. The molecule has 0 heterocycles. The van der Waals surface area contributed by atoms with Crippen LogP contribution < -0.4 is 5.32 Å². The van der Waals surface area contributed by atoms with Gasteiger partial charge >= 0.3 is 0 Å². The third-order valence-electron chi connectivity index (χ3n) is 5.21. The summed E-state index contributed by atoms with van der Waals surface area (Å²) >= 11 is 0. The maximum atomic E-state index is 13.0.